The summed E-state index contributed by atoms with van der Waals surface area (Å²) in [5.41, 5.74) is 1.30. The summed E-state index contributed by atoms with van der Waals surface area (Å²) in [6.45, 7) is 6.78. The molecule has 166 valence electrons. The van der Waals surface area contributed by atoms with Crippen LogP contribution in [0.25, 0.3) is 16.9 Å². The summed E-state index contributed by atoms with van der Waals surface area (Å²) in [7, 11) is 0. The Kier molecular flexibility index (Phi) is 6.32. The molecule has 32 heavy (non-hydrogen) atoms. The van der Waals surface area contributed by atoms with Gasteiger partial charge in [0.05, 0.1) is 12.3 Å². The number of para-hydroxylation sites is 2. The molecule has 0 spiro atoms. The average molecular weight is 497 g/mol. The second-order valence-corrected chi connectivity index (χ2v) is 8.93. The fourth-order valence-electron chi connectivity index (χ4n) is 3.71. The van der Waals surface area contributed by atoms with Crippen LogP contribution in [-0.2, 0) is 13.0 Å². The minimum atomic E-state index is -0.438. The van der Waals surface area contributed by atoms with Crippen molar-refractivity contribution in [2.24, 2.45) is 5.92 Å². The van der Waals surface area contributed by atoms with Gasteiger partial charge in [0.15, 0.2) is 11.2 Å². The van der Waals surface area contributed by atoms with Crippen molar-refractivity contribution < 1.29 is 4.74 Å². The van der Waals surface area contributed by atoms with Crippen molar-refractivity contribution in [3.63, 3.8) is 0 Å². The molecule has 0 fully saturated rings. The molecule has 7 nitrogen and oxygen atoms in total. The molecule has 1 N–H and O–H groups in total. The maximum Gasteiger partial charge on any atom is 0.337 e. The van der Waals surface area contributed by atoms with Gasteiger partial charge in [-0.2, -0.15) is 0 Å². The SMILES string of the molecule is CCOc1ccccc1-n1c(=O)c2[nH]c(Cc3ccc(Br)cc3)nc2n(CC(C)C)c1=O. The molecule has 0 amide bonds. The van der Waals surface area contributed by atoms with Gasteiger partial charge >= 0.3 is 5.69 Å². The van der Waals surface area contributed by atoms with E-state index in [0.717, 1.165) is 10.0 Å². The molecule has 4 rings (SSSR count). The topological polar surface area (TPSA) is 81.9 Å². The second kappa shape index (κ2) is 9.16. The van der Waals surface area contributed by atoms with Crippen LogP contribution in [0.2, 0.25) is 0 Å². The highest BCUT2D eigenvalue weighted by atomic mass is 79.9. The normalized spacial score (nSPS) is 11.4. The van der Waals surface area contributed by atoms with E-state index in [9.17, 15) is 9.59 Å². The first-order valence-corrected chi connectivity index (χ1v) is 11.4. The number of nitrogens with zero attached hydrogens (tertiary/aromatic N) is 3. The molecule has 0 saturated carbocycles. The van der Waals surface area contributed by atoms with Crippen LogP contribution in [0.4, 0.5) is 0 Å². The number of ether oxygens (including phenoxy) is 1. The zero-order valence-electron chi connectivity index (χ0n) is 18.3. The van der Waals surface area contributed by atoms with Gasteiger partial charge in [-0.05, 0) is 42.7 Å². The Labute approximate surface area is 193 Å². The smallest absolute Gasteiger partial charge is 0.337 e. The summed E-state index contributed by atoms with van der Waals surface area (Å²) in [4.78, 5) is 34.8. The summed E-state index contributed by atoms with van der Waals surface area (Å²) in [5.74, 6) is 1.31. The fourth-order valence-corrected chi connectivity index (χ4v) is 3.97. The Balaban J connectivity index is 1.93. The zero-order chi connectivity index (χ0) is 22.8. The van der Waals surface area contributed by atoms with Gasteiger partial charge in [0.1, 0.15) is 11.6 Å². The van der Waals surface area contributed by atoms with Crippen molar-refractivity contribution in [3.8, 4) is 11.4 Å². The third kappa shape index (κ3) is 4.27. The molecule has 0 atom stereocenters. The quantitative estimate of drug-likeness (QED) is 0.413. The molecule has 0 saturated heterocycles. The Morgan fingerprint density at radius 2 is 1.81 bits per heavy atom. The van der Waals surface area contributed by atoms with E-state index in [-0.39, 0.29) is 5.92 Å². The number of fused-ring (bicyclic) bond motifs is 1. The molecule has 0 aliphatic heterocycles. The van der Waals surface area contributed by atoms with E-state index in [1.165, 1.54) is 4.57 Å². The summed E-state index contributed by atoms with van der Waals surface area (Å²) in [5, 5.41) is 0. The molecule has 0 bridgehead atoms. The Morgan fingerprint density at radius 3 is 2.50 bits per heavy atom. The molecule has 0 radical (unpaired) electrons. The fraction of sp³-hybridized carbons (Fsp3) is 0.292. The number of rotatable bonds is 7. The highest BCUT2D eigenvalue weighted by Crippen LogP contribution is 2.21. The lowest BCUT2D eigenvalue weighted by Gasteiger charge is -2.15. The minimum absolute atomic E-state index is 0.190. The number of hydrogen-bond acceptors (Lipinski definition) is 4. The maximum atomic E-state index is 13.5. The number of benzene rings is 2. The van der Waals surface area contributed by atoms with Gasteiger partial charge in [-0.15, -0.1) is 0 Å². The maximum absolute atomic E-state index is 13.5. The molecule has 2 aromatic heterocycles. The Bertz CT molecular complexity index is 1370. The molecule has 2 heterocycles. The predicted molar refractivity (Wildman–Crippen MR) is 129 cm³/mol. The van der Waals surface area contributed by atoms with Crippen molar-refractivity contribution in [3.05, 3.63) is 85.2 Å². The highest BCUT2D eigenvalue weighted by Gasteiger charge is 2.21. The average Bonchev–Trinajstić information content (AvgIpc) is 3.18. The van der Waals surface area contributed by atoms with Gasteiger partial charge < -0.3 is 9.72 Å². The molecule has 0 aliphatic rings. The van der Waals surface area contributed by atoms with Crippen molar-refractivity contribution >= 4 is 27.1 Å². The Hall–Kier alpha value is -3.13. The molecular formula is C24H25BrN4O3. The summed E-state index contributed by atoms with van der Waals surface area (Å²) in [6.07, 6.45) is 0.521. The van der Waals surface area contributed by atoms with Gasteiger partial charge in [-0.1, -0.05) is 54.0 Å². The number of halogens is 1. The van der Waals surface area contributed by atoms with E-state index in [2.05, 4.69) is 25.9 Å². The molecule has 0 aliphatic carbocycles. The standard InChI is InChI=1S/C24H25BrN4O3/c1-4-32-19-8-6-5-7-18(19)29-23(30)21-22(28(24(29)31)14-15(2)3)27-20(26-21)13-16-9-11-17(25)12-10-16/h5-12,15H,4,13-14H2,1-3H3,(H,26,27). The van der Waals surface area contributed by atoms with E-state index in [1.54, 1.807) is 22.8 Å². The van der Waals surface area contributed by atoms with Crippen LogP contribution >= 0.6 is 15.9 Å². The molecule has 4 aromatic rings. The molecule has 2 aromatic carbocycles. The number of nitrogens with one attached hydrogen (secondary N) is 1. The monoisotopic (exact) mass is 496 g/mol. The van der Waals surface area contributed by atoms with Crippen molar-refractivity contribution in [1.29, 1.82) is 0 Å². The third-order valence-electron chi connectivity index (χ3n) is 5.07. The van der Waals surface area contributed by atoms with E-state index in [4.69, 9.17) is 4.74 Å². The zero-order valence-corrected chi connectivity index (χ0v) is 19.8. The van der Waals surface area contributed by atoms with Crippen LogP contribution < -0.4 is 16.0 Å². The summed E-state index contributed by atoms with van der Waals surface area (Å²) in [6, 6.07) is 15.0. The lowest BCUT2D eigenvalue weighted by Crippen LogP contribution is -2.40. The van der Waals surface area contributed by atoms with Crippen molar-refractivity contribution in [2.75, 3.05) is 6.61 Å². The van der Waals surface area contributed by atoms with E-state index in [0.29, 0.717) is 48.0 Å². The predicted octanol–water partition coefficient (Wildman–Crippen LogP) is 4.28. The van der Waals surface area contributed by atoms with Crippen LogP contribution in [-0.4, -0.2) is 25.7 Å². The number of H-pyrrole nitrogens is 1. The summed E-state index contributed by atoms with van der Waals surface area (Å²) < 4.78 is 9.44. The van der Waals surface area contributed by atoms with Gasteiger partial charge in [0.25, 0.3) is 5.56 Å². The van der Waals surface area contributed by atoms with Crippen LogP contribution in [0.15, 0.2) is 62.6 Å². The van der Waals surface area contributed by atoms with Crippen LogP contribution in [0.3, 0.4) is 0 Å². The molecular weight excluding hydrogens is 472 g/mol. The molecule has 8 heteroatoms. The van der Waals surface area contributed by atoms with E-state index in [1.807, 2.05) is 51.1 Å². The number of aromatic nitrogens is 4. The van der Waals surface area contributed by atoms with Gasteiger partial charge in [0.2, 0.25) is 0 Å². The van der Waals surface area contributed by atoms with Crippen LogP contribution in [0.5, 0.6) is 5.75 Å². The van der Waals surface area contributed by atoms with Gasteiger partial charge in [0, 0.05) is 17.4 Å². The molecule has 0 unspecified atom stereocenters. The first-order valence-electron chi connectivity index (χ1n) is 10.6. The van der Waals surface area contributed by atoms with Crippen molar-refractivity contribution in [1.82, 2.24) is 19.1 Å². The van der Waals surface area contributed by atoms with E-state index >= 15 is 0 Å². The Morgan fingerprint density at radius 1 is 1.09 bits per heavy atom. The first kappa shape index (κ1) is 22.1. The minimum Gasteiger partial charge on any atom is -0.492 e. The lowest BCUT2D eigenvalue weighted by atomic mass is 10.1. The van der Waals surface area contributed by atoms with Gasteiger partial charge in [-0.25, -0.2) is 14.3 Å². The highest BCUT2D eigenvalue weighted by molar-refractivity contribution is 9.10. The number of aromatic amines is 1. The van der Waals surface area contributed by atoms with Crippen LogP contribution in [0.1, 0.15) is 32.2 Å². The number of imidazole rings is 1. The van der Waals surface area contributed by atoms with Crippen LogP contribution in [0, 0.1) is 5.92 Å². The van der Waals surface area contributed by atoms with E-state index < -0.39 is 11.2 Å². The lowest BCUT2D eigenvalue weighted by molar-refractivity contribution is 0.338. The third-order valence-corrected chi connectivity index (χ3v) is 5.60. The first-order chi connectivity index (χ1) is 15.4. The number of hydrogen-bond donors (Lipinski definition) is 1. The summed E-state index contributed by atoms with van der Waals surface area (Å²) >= 11 is 3.44. The van der Waals surface area contributed by atoms with Crippen molar-refractivity contribution in [2.45, 2.75) is 33.7 Å². The van der Waals surface area contributed by atoms with Gasteiger partial charge in [-0.3, -0.25) is 9.36 Å². The largest absolute Gasteiger partial charge is 0.492 e. The second-order valence-electron chi connectivity index (χ2n) is 8.01.